The van der Waals surface area contributed by atoms with E-state index in [9.17, 15) is 0 Å². The molecule has 0 saturated carbocycles. The lowest BCUT2D eigenvalue weighted by molar-refractivity contribution is 0.841. The molecule has 0 aliphatic carbocycles. The summed E-state index contributed by atoms with van der Waals surface area (Å²) in [7, 11) is 0. The van der Waals surface area contributed by atoms with Crippen molar-refractivity contribution in [3.05, 3.63) is 54.1 Å². The number of pyridine rings is 1. The molecule has 0 aliphatic heterocycles. The highest BCUT2D eigenvalue weighted by Gasteiger charge is 2.15. The normalized spacial score (nSPS) is 11.4. The molecule has 0 unspecified atom stereocenters. The molecule has 102 valence electrons. The van der Waals surface area contributed by atoms with Crippen molar-refractivity contribution in [3.8, 4) is 5.69 Å². The molecule has 3 rings (SSSR count). The summed E-state index contributed by atoms with van der Waals surface area (Å²) in [5, 5.41) is 0. The minimum Gasteiger partial charge on any atom is -0.295 e. The number of rotatable bonds is 3. The van der Waals surface area contributed by atoms with Crippen molar-refractivity contribution in [2.45, 2.75) is 25.6 Å². The number of benzene rings is 1. The van der Waals surface area contributed by atoms with Crippen LogP contribution in [0, 0.1) is 0 Å². The Hall–Kier alpha value is -1.87. The first-order valence-electron chi connectivity index (χ1n) is 6.69. The van der Waals surface area contributed by atoms with E-state index >= 15 is 0 Å². The van der Waals surface area contributed by atoms with Crippen LogP contribution in [0.15, 0.2) is 42.7 Å². The summed E-state index contributed by atoms with van der Waals surface area (Å²) in [6.07, 6.45) is 3.57. The van der Waals surface area contributed by atoms with Crippen LogP contribution in [0.3, 0.4) is 0 Å². The minimum absolute atomic E-state index is 0.376. The lowest BCUT2D eigenvalue weighted by Crippen LogP contribution is -2.04. The Bertz CT molecular complexity index is 746. The zero-order chi connectivity index (χ0) is 14.1. The first kappa shape index (κ1) is 13.1. The molecule has 0 radical (unpaired) electrons. The third-order valence-electron chi connectivity index (χ3n) is 3.45. The molecule has 3 nitrogen and oxygen atoms in total. The highest BCUT2D eigenvalue weighted by atomic mass is 35.5. The molecule has 0 amide bonds. The Morgan fingerprint density at radius 3 is 2.75 bits per heavy atom. The van der Waals surface area contributed by atoms with Gasteiger partial charge in [-0.05, 0) is 23.6 Å². The maximum Gasteiger partial charge on any atom is 0.129 e. The van der Waals surface area contributed by atoms with E-state index in [0.29, 0.717) is 11.8 Å². The van der Waals surface area contributed by atoms with Gasteiger partial charge in [0.15, 0.2) is 0 Å². The Kier molecular flexibility index (Phi) is 3.45. The first-order valence-corrected chi connectivity index (χ1v) is 7.22. The van der Waals surface area contributed by atoms with Gasteiger partial charge in [0.05, 0.1) is 23.3 Å². The molecular formula is C16H16ClN3. The second-order valence-electron chi connectivity index (χ2n) is 5.07. The standard InChI is InChI=1S/C16H16ClN3/c1-11(2)12-5-3-4-6-14(12)20-15-7-8-18-10-13(15)19-16(20)9-17/h3-8,10-11H,9H2,1-2H3. The van der Waals surface area contributed by atoms with Crippen molar-refractivity contribution >= 4 is 22.6 Å². The van der Waals surface area contributed by atoms with Crippen molar-refractivity contribution in [2.24, 2.45) is 0 Å². The lowest BCUT2D eigenvalue weighted by atomic mass is 10.0. The van der Waals surface area contributed by atoms with Crippen molar-refractivity contribution in [1.29, 1.82) is 0 Å². The van der Waals surface area contributed by atoms with Gasteiger partial charge in [-0.15, -0.1) is 11.6 Å². The van der Waals surface area contributed by atoms with Gasteiger partial charge in [0.25, 0.3) is 0 Å². The average molecular weight is 286 g/mol. The van der Waals surface area contributed by atoms with Crippen LogP contribution in [0.1, 0.15) is 31.2 Å². The summed E-state index contributed by atoms with van der Waals surface area (Å²) in [5.74, 6) is 1.66. The predicted octanol–water partition coefficient (Wildman–Crippen LogP) is 4.28. The molecule has 0 saturated heterocycles. The number of aromatic nitrogens is 3. The van der Waals surface area contributed by atoms with Gasteiger partial charge in [0.2, 0.25) is 0 Å². The summed E-state index contributed by atoms with van der Waals surface area (Å²) >= 11 is 6.08. The number of para-hydroxylation sites is 1. The second kappa shape index (κ2) is 5.25. The van der Waals surface area contributed by atoms with E-state index < -0.39 is 0 Å². The van der Waals surface area contributed by atoms with Crippen LogP contribution in [0.25, 0.3) is 16.7 Å². The predicted molar refractivity (Wildman–Crippen MR) is 82.5 cm³/mol. The van der Waals surface area contributed by atoms with E-state index in [1.54, 1.807) is 12.4 Å². The molecule has 2 aromatic heterocycles. The zero-order valence-electron chi connectivity index (χ0n) is 11.5. The van der Waals surface area contributed by atoms with Crippen LogP contribution in [0.5, 0.6) is 0 Å². The third-order valence-corrected chi connectivity index (χ3v) is 3.68. The van der Waals surface area contributed by atoms with E-state index in [-0.39, 0.29) is 0 Å². The quantitative estimate of drug-likeness (QED) is 0.672. The Morgan fingerprint density at radius 2 is 2.00 bits per heavy atom. The molecule has 0 spiro atoms. The van der Waals surface area contributed by atoms with Gasteiger partial charge < -0.3 is 0 Å². The summed E-state index contributed by atoms with van der Waals surface area (Å²) in [4.78, 5) is 8.71. The average Bonchev–Trinajstić information content (AvgIpc) is 2.85. The molecule has 4 heteroatoms. The molecule has 2 heterocycles. The van der Waals surface area contributed by atoms with Crippen LogP contribution in [0.4, 0.5) is 0 Å². The monoisotopic (exact) mass is 285 g/mol. The summed E-state index contributed by atoms with van der Waals surface area (Å²) in [6, 6.07) is 10.4. The first-order chi connectivity index (χ1) is 9.72. The van der Waals surface area contributed by atoms with Gasteiger partial charge in [-0.2, -0.15) is 0 Å². The largest absolute Gasteiger partial charge is 0.295 e. The maximum atomic E-state index is 6.08. The SMILES string of the molecule is CC(C)c1ccccc1-n1c(CCl)nc2cnccc21. The number of fused-ring (bicyclic) bond motifs is 1. The molecule has 0 atom stereocenters. The van der Waals surface area contributed by atoms with Gasteiger partial charge in [-0.1, -0.05) is 32.0 Å². The van der Waals surface area contributed by atoms with E-state index in [4.69, 9.17) is 11.6 Å². The van der Waals surface area contributed by atoms with E-state index in [1.165, 1.54) is 5.56 Å². The fourth-order valence-corrected chi connectivity index (χ4v) is 2.70. The molecule has 0 aliphatic rings. The van der Waals surface area contributed by atoms with E-state index in [1.807, 2.05) is 12.1 Å². The van der Waals surface area contributed by atoms with Crippen molar-refractivity contribution in [2.75, 3.05) is 0 Å². The van der Waals surface area contributed by atoms with Gasteiger partial charge >= 0.3 is 0 Å². The highest BCUT2D eigenvalue weighted by molar-refractivity contribution is 6.17. The number of imidazole rings is 1. The molecular weight excluding hydrogens is 270 g/mol. The second-order valence-corrected chi connectivity index (χ2v) is 5.34. The maximum absolute atomic E-state index is 6.08. The van der Waals surface area contributed by atoms with Crippen LogP contribution in [0.2, 0.25) is 0 Å². The fraction of sp³-hybridized carbons (Fsp3) is 0.250. The third kappa shape index (κ3) is 2.08. The number of hydrogen-bond acceptors (Lipinski definition) is 2. The smallest absolute Gasteiger partial charge is 0.129 e. The van der Waals surface area contributed by atoms with Gasteiger partial charge in [0.1, 0.15) is 11.3 Å². The molecule has 1 aromatic carbocycles. The van der Waals surface area contributed by atoms with Crippen LogP contribution < -0.4 is 0 Å². The van der Waals surface area contributed by atoms with E-state index in [2.05, 4.69) is 46.6 Å². The Morgan fingerprint density at radius 1 is 1.20 bits per heavy atom. The molecule has 0 bridgehead atoms. The van der Waals surface area contributed by atoms with Gasteiger partial charge in [0, 0.05) is 6.20 Å². The van der Waals surface area contributed by atoms with E-state index in [0.717, 1.165) is 22.5 Å². The molecule has 20 heavy (non-hydrogen) atoms. The Labute approximate surface area is 123 Å². The number of halogens is 1. The van der Waals surface area contributed by atoms with Crippen LogP contribution in [-0.2, 0) is 5.88 Å². The van der Waals surface area contributed by atoms with Crippen molar-refractivity contribution < 1.29 is 0 Å². The Balaban J connectivity index is 2.34. The van der Waals surface area contributed by atoms with Gasteiger partial charge in [-0.3, -0.25) is 9.55 Å². The number of nitrogens with zero attached hydrogens (tertiary/aromatic N) is 3. The van der Waals surface area contributed by atoms with Crippen LogP contribution in [-0.4, -0.2) is 14.5 Å². The number of alkyl halides is 1. The topological polar surface area (TPSA) is 30.7 Å². The summed E-state index contributed by atoms with van der Waals surface area (Å²) in [5.41, 5.74) is 4.35. The molecule has 0 fully saturated rings. The lowest BCUT2D eigenvalue weighted by Gasteiger charge is -2.15. The fourth-order valence-electron chi connectivity index (χ4n) is 2.52. The highest BCUT2D eigenvalue weighted by Crippen LogP contribution is 2.28. The molecule has 0 N–H and O–H groups in total. The van der Waals surface area contributed by atoms with Gasteiger partial charge in [-0.25, -0.2) is 4.98 Å². The minimum atomic E-state index is 0.376. The number of hydrogen-bond donors (Lipinski definition) is 0. The zero-order valence-corrected chi connectivity index (χ0v) is 12.3. The molecule has 3 aromatic rings. The van der Waals surface area contributed by atoms with Crippen molar-refractivity contribution in [3.63, 3.8) is 0 Å². The summed E-state index contributed by atoms with van der Waals surface area (Å²) in [6.45, 7) is 4.39. The van der Waals surface area contributed by atoms with Crippen LogP contribution >= 0.6 is 11.6 Å². The van der Waals surface area contributed by atoms with Crippen molar-refractivity contribution in [1.82, 2.24) is 14.5 Å². The summed E-state index contributed by atoms with van der Waals surface area (Å²) < 4.78 is 2.14.